The molecule has 0 aliphatic carbocycles. The second-order valence-corrected chi connectivity index (χ2v) is 6.19. The highest BCUT2D eigenvalue weighted by molar-refractivity contribution is 5.82. The van der Waals surface area contributed by atoms with E-state index in [1.165, 1.54) is 28.2 Å². The summed E-state index contributed by atoms with van der Waals surface area (Å²) in [6.45, 7) is 8.55. The lowest BCUT2D eigenvalue weighted by molar-refractivity contribution is 0.953. The van der Waals surface area contributed by atoms with Gasteiger partial charge in [-0.25, -0.2) is 0 Å². The van der Waals surface area contributed by atoms with Gasteiger partial charge in [0.2, 0.25) is 0 Å². The number of anilines is 1. The van der Waals surface area contributed by atoms with Gasteiger partial charge in [0.25, 0.3) is 0 Å². The lowest BCUT2D eigenvalue weighted by Crippen LogP contribution is -2.02. The number of nitrogens with zero attached hydrogens (tertiary/aromatic N) is 2. The van der Waals surface area contributed by atoms with E-state index >= 15 is 0 Å². The van der Waals surface area contributed by atoms with Gasteiger partial charge in [0.15, 0.2) is 0 Å². The van der Waals surface area contributed by atoms with Crippen LogP contribution in [-0.2, 0) is 0 Å². The van der Waals surface area contributed by atoms with E-state index in [0.717, 1.165) is 11.3 Å². The Morgan fingerprint density at radius 3 is 2.38 bits per heavy atom. The van der Waals surface area contributed by atoms with Crippen LogP contribution in [0.5, 0.6) is 0 Å². The highest BCUT2D eigenvalue weighted by atomic mass is 15.3. The lowest BCUT2D eigenvalue weighted by Gasteiger charge is -2.13. The van der Waals surface area contributed by atoms with Crippen molar-refractivity contribution in [3.63, 3.8) is 0 Å². The summed E-state index contributed by atoms with van der Waals surface area (Å²) in [5, 5.41) is 4.37. The molecule has 24 heavy (non-hydrogen) atoms. The van der Waals surface area contributed by atoms with E-state index in [9.17, 15) is 0 Å². The van der Waals surface area contributed by atoms with Gasteiger partial charge >= 0.3 is 0 Å². The predicted octanol–water partition coefficient (Wildman–Crippen LogP) is 5.16. The number of hydrogen-bond donors (Lipinski definition) is 1. The molecular weight excluding hydrogens is 294 g/mol. The summed E-state index contributed by atoms with van der Waals surface area (Å²) in [5.41, 5.74) is 11.4. The first kappa shape index (κ1) is 16.1. The van der Waals surface area contributed by atoms with Crippen LogP contribution in [0.1, 0.15) is 28.1 Å². The Bertz CT molecular complexity index is 874. The van der Waals surface area contributed by atoms with Crippen LogP contribution in [0.2, 0.25) is 0 Å². The van der Waals surface area contributed by atoms with Gasteiger partial charge in [-0.3, -0.25) is 5.43 Å². The molecule has 0 fully saturated rings. The van der Waals surface area contributed by atoms with Crippen molar-refractivity contribution in [2.45, 2.75) is 27.7 Å². The van der Waals surface area contributed by atoms with E-state index in [0.29, 0.717) is 0 Å². The highest BCUT2D eigenvalue weighted by Crippen LogP contribution is 2.23. The molecule has 0 aliphatic rings. The normalized spacial score (nSPS) is 11.2. The number of hydrazone groups is 1. The predicted molar refractivity (Wildman–Crippen MR) is 102 cm³/mol. The minimum Gasteiger partial charge on any atom is -0.318 e. The van der Waals surface area contributed by atoms with Crippen LogP contribution >= 0.6 is 0 Å². The minimum absolute atomic E-state index is 0.983. The van der Waals surface area contributed by atoms with E-state index in [1.807, 2.05) is 36.5 Å². The van der Waals surface area contributed by atoms with Gasteiger partial charge in [-0.2, -0.15) is 5.10 Å². The topological polar surface area (TPSA) is 29.3 Å². The molecule has 0 bridgehead atoms. The minimum atomic E-state index is 0.983. The van der Waals surface area contributed by atoms with Gasteiger partial charge in [-0.1, -0.05) is 35.9 Å². The Hall–Kier alpha value is -2.81. The summed E-state index contributed by atoms with van der Waals surface area (Å²) in [5.74, 6) is 0. The van der Waals surface area contributed by atoms with Crippen molar-refractivity contribution >= 4 is 11.9 Å². The van der Waals surface area contributed by atoms with Crippen LogP contribution in [0.4, 0.5) is 5.69 Å². The molecule has 0 saturated carbocycles. The maximum absolute atomic E-state index is 4.37. The molecule has 0 saturated heterocycles. The van der Waals surface area contributed by atoms with Crippen molar-refractivity contribution in [2.24, 2.45) is 5.10 Å². The molecular formula is C21H23N3. The average Bonchev–Trinajstić information content (AvgIpc) is 2.83. The van der Waals surface area contributed by atoms with Crippen molar-refractivity contribution in [1.82, 2.24) is 4.57 Å². The lowest BCUT2D eigenvalue weighted by atomic mass is 10.1. The van der Waals surface area contributed by atoms with Crippen molar-refractivity contribution in [3.05, 3.63) is 82.7 Å². The Kier molecular flexibility index (Phi) is 4.52. The second-order valence-electron chi connectivity index (χ2n) is 6.19. The number of aromatic nitrogens is 1. The summed E-state index contributed by atoms with van der Waals surface area (Å²) in [6, 6.07) is 18.7. The Morgan fingerprint density at radius 1 is 0.917 bits per heavy atom. The first-order valence-corrected chi connectivity index (χ1v) is 8.17. The molecule has 1 N–H and O–H groups in total. The van der Waals surface area contributed by atoms with Crippen molar-refractivity contribution < 1.29 is 0 Å². The Labute approximate surface area is 143 Å². The van der Waals surface area contributed by atoms with Crippen molar-refractivity contribution in [1.29, 1.82) is 0 Å². The van der Waals surface area contributed by atoms with Gasteiger partial charge in [0, 0.05) is 22.6 Å². The third-order valence-electron chi connectivity index (χ3n) is 4.23. The van der Waals surface area contributed by atoms with Gasteiger partial charge in [0.1, 0.15) is 0 Å². The molecule has 122 valence electrons. The molecule has 0 amide bonds. The largest absolute Gasteiger partial charge is 0.318 e. The number of para-hydroxylation sites is 1. The number of rotatable bonds is 4. The zero-order chi connectivity index (χ0) is 17.1. The fraction of sp³-hybridized carbons (Fsp3) is 0.190. The summed E-state index contributed by atoms with van der Waals surface area (Å²) >= 11 is 0. The maximum atomic E-state index is 4.37. The summed E-state index contributed by atoms with van der Waals surface area (Å²) < 4.78 is 2.29. The molecule has 3 aromatic rings. The third-order valence-corrected chi connectivity index (χ3v) is 4.23. The fourth-order valence-electron chi connectivity index (χ4n) is 3.03. The van der Waals surface area contributed by atoms with Crippen LogP contribution in [0.3, 0.4) is 0 Å². The number of benzene rings is 2. The van der Waals surface area contributed by atoms with Crippen molar-refractivity contribution in [2.75, 3.05) is 5.43 Å². The van der Waals surface area contributed by atoms with Gasteiger partial charge < -0.3 is 4.57 Å². The first-order valence-electron chi connectivity index (χ1n) is 8.17. The molecule has 3 nitrogen and oxygen atoms in total. The van der Waals surface area contributed by atoms with Crippen LogP contribution in [0.25, 0.3) is 5.69 Å². The molecule has 3 rings (SSSR count). The monoisotopic (exact) mass is 317 g/mol. The highest BCUT2D eigenvalue weighted by Gasteiger charge is 2.11. The molecule has 3 heteroatoms. The van der Waals surface area contributed by atoms with Gasteiger partial charge in [-0.05, 0) is 57.5 Å². The zero-order valence-electron chi connectivity index (χ0n) is 14.7. The zero-order valence-corrected chi connectivity index (χ0v) is 14.7. The van der Waals surface area contributed by atoms with Crippen molar-refractivity contribution in [3.8, 4) is 5.69 Å². The molecule has 0 unspecified atom stereocenters. The Balaban J connectivity index is 1.89. The molecule has 1 heterocycles. The molecule has 2 aromatic carbocycles. The molecule has 1 aromatic heterocycles. The van der Waals surface area contributed by atoms with Crippen LogP contribution in [-0.4, -0.2) is 10.8 Å². The number of nitrogens with one attached hydrogen (secondary N) is 1. The molecule has 0 spiro atoms. The molecule has 0 atom stereocenters. The average molecular weight is 317 g/mol. The Morgan fingerprint density at radius 2 is 1.67 bits per heavy atom. The third kappa shape index (κ3) is 3.25. The van der Waals surface area contributed by atoms with E-state index < -0.39 is 0 Å². The number of hydrogen-bond acceptors (Lipinski definition) is 2. The summed E-state index contributed by atoms with van der Waals surface area (Å²) in [6.07, 6.45) is 1.88. The van der Waals surface area contributed by atoms with E-state index in [1.54, 1.807) is 0 Å². The second kappa shape index (κ2) is 6.75. The SMILES string of the molecule is Cc1ccc(-n2c(C)cc(/C=N\Nc3ccccc3)c2C)c(C)c1. The van der Waals surface area contributed by atoms with Gasteiger partial charge in [-0.15, -0.1) is 0 Å². The quantitative estimate of drug-likeness (QED) is 0.523. The maximum Gasteiger partial charge on any atom is 0.0562 e. The standard InChI is InChI=1S/C21H23N3/c1-15-10-11-21(16(2)12-15)24-17(3)13-19(18(24)4)14-22-23-20-8-6-5-7-9-20/h5-14,23H,1-4H3/b22-14-. The summed E-state index contributed by atoms with van der Waals surface area (Å²) in [7, 11) is 0. The van der Waals surface area contributed by atoms with E-state index in [4.69, 9.17) is 0 Å². The summed E-state index contributed by atoms with van der Waals surface area (Å²) in [4.78, 5) is 0. The van der Waals surface area contributed by atoms with Crippen LogP contribution in [0, 0.1) is 27.7 Å². The van der Waals surface area contributed by atoms with Crippen LogP contribution in [0.15, 0.2) is 59.7 Å². The molecule has 0 radical (unpaired) electrons. The number of aryl methyl sites for hydroxylation is 3. The molecule has 0 aliphatic heterocycles. The van der Waals surface area contributed by atoms with E-state index in [-0.39, 0.29) is 0 Å². The smallest absolute Gasteiger partial charge is 0.0562 e. The van der Waals surface area contributed by atoms with Crippen LogP contribution < -0.4 is 5.43 Å². The first-order chi connectivity index (χ1) is 11.6. The van der Waals surface area contributed by atoms with E-state index in [2.05, 4.69) is 67.1 Å². The van der Waals surface area contributed by atoms with Gasteiger partial charge in [0.05, 0.1) is 11.9 Å². The fourth-order valence-corrected chi connectivity index (χ4v) is 3.03.